The Kier molecular flexibility index (Phi) is 10.5. The maximum absolute atomic E-state index is 12.5. The van der Waals surface area contributed by atoms with E-state index in [1.54, 1.807) is 0 Å². The van der Waals surface area contributed by atoms with E-state index in [0.717, 1.165) is 43.9 Å². The number of hydrogen-bond acceptors (Lipinski definition) is 10. The minimum absolute atomic E-state index is 0.0137. The average molecular weight is 741 g/mol. The average Bonchev–Trinajstić information content (AvgIpc) is 3.75. The molecule has 0 fully saturated rings. The van der Waals surface area contributed by atoms with Crippen LogP contribution in [0.1, 0.15) is 26.7 Å². The number of carbonyl (C=O) groups is 2. The van der Waals surface area contributed by atoms with Crippen molar-refractivity contribution in [3.05, 3.63) is 102 Å². The molecule has 0 aliphatic carbocycles. The lowest BCUT2D eigenvalue weighted by atomic mass is 10.0. The summed E-state index contributed by atoms with van der Waals surface area (Å²) < 4.78 is 6.75. The summed E-state index contributed by atoms with van der Waals surface area (Å²) in [6, 6.07) is 31.7. The highest BCUT2D eigenvalue weighted by Crippen LogP contribution is 2.33. The quantitative estimate of drug-likeness (QED) is 0.113. The van der Waals surface area contributed by atoms with Crippen molar-refractivity contribution in [1.29, 1.82) is 0 Å². The molecule has 0 saturated carbocycles. The molecular formula is C35H30BrN7O3S2. The summed E-state index contributed by atoms with van der Waals surface area (Å²) in [5.41, 5.74) is 5.82. The van der Waals surface area contributed by atoms with E-state index >= 15 is 0 Å². The number of hydrogen-bond donors (Lipinski definition) is 3. The van der Waals surface area contributed by atoms with Crippen LogP contribution in [0.5, 0.6) is 5.75 Å². The number of anilines is 4. The molecule has 0 aliphatic rings. The van der Waals surface area contributed by atoms with Crippen molar-refractivity contribution in [2.75, 3.05) is 16.0 Å². The number of benzene rings is 4. The summed E-state index contributed by atoms with van der Waals surface area (Å²) in [4.78, 5) is 25.0. The molecule has 0 radical (unpaired) electrons. The molecule has 10 nitrogen and oxygen atoms in total. The van der Waals surface area contributed by atoms with Gasteiger partial charge in [0.2, 0.25) is 22.1 Å². The highest BCUT2D eigenvalue weighted by molar-refractivity contribution is 9.10. The summed E-state index contributed by atoms with van der Waals surface area (Å²) in [5, 5.41) is 27.6. The number of carbonyl (C=O) groups excluding carboxylic acids is 2. The Bertz CT molecular complexity index is 2010. The van der Waals surface area contributed by atoms with Crippen LogP contribution < -0.4 is 20.7 Å². The molecule has 6 rings (SSSR count). The van der Waals surface area contributed by atoms with Gasteiger partial charge < -0.3 is 20.7 Å². The van der Waals surface area contributed by atoms with Gasteiger partial charge in [0.25, 0.3) is 0 Å². The first kappa shape index (κ1) is 32.9. The van der Waals surface area contributed by atoms with Crippen molar-refractivity contribution in [2.24, 2.45) is 0 Å². The number of para-hydroxylation sites is 1. The van der Waals surface area contributed by atoms with Crippen LogP contribution in [-0.2, 0) is 9.59 Å². The Balaban J connectivity index is 1.00. The number of ether oxygens (including phenoxy) is 1. The SMILES string of the molecule is CC(C)Oc1ccc(-c2ccccc2Nc2ccc(-c3nnc(NC(=O)CCC(=O)Nc4nnc(-c5ccc(Br)cc5)s4)s3)cc2)cc1. The highest BCUT2D eigenvalue weighted by Gasteiger charge is 2.14. The molecule has 2 heterocycles. The molecule has 0 spiro atoms. The molecule has 2 aromatic heterocycles. The van der Waals surface area contributed by atoms with E-state index in [0.29, 0.717) is 20.3 Å². The molecule has 0 saturated heterocycles. The summed E-state index contributed by atoms with van der Waals surface area (Å²) in [5.74, 6) is 0.183. The van der Waals surface area contributed by atoms with Gasteiger partial charge in [0.05, 0.1) is 6.10 Å². The molecule has 13 heteroatoms. The molecule has 0 atom stereocenters. The predicted octanol–water partition coefficient (Wildman–Crippen LogP) is 9.04. The fraction of sp³-hybridized carbons (Fsp3) is 0.143. The molecule has 0 unspecified atom stereocenters. The summed E-state index contributed by atoms with van der Waals surface area (Å²) in [7, 11) is 0. The lowest BCUT2D eigenvalue weighted by molar-refractivity contribution is -0.121. The molecule has 4 aromatic carbocycles. The van der Waals surface area contributed by atoms with Crippen LogP contribution in [0.25, 0.3) is 32.3 Å². The van der Waals surface area contributed by atoms with E-state index in [9.17, 15) is 9.59 Å². The number of aromatic nitrogens is 4. The van der Waals surface area contributed by atoms with Gasteiger partial charge in [0.15, 0.2) is 0 Å². The van der Waals surface area contributed by atoms with Crippen molar-refractivity contribution in [2.45, 2.75) is 32.8 Å². The van der Waals surface area contributed by atoms with Crippen LogP contribution in [0.4, 0.5) is 21.6 Å². The topological polar surface area (TPSA) is 131 Å². The predicted molar refractivity (Wildman–Crippen MR) is 196 cm³/mol. The second kappa shape index (κ2) is 15.3. The highest BCUT2D eigenvalue weighted by atomic mass is 79.9. The third-order valence-electron chi connectivity index (χ3n) is 6.89. The van der Waals surface area contributed by atoms with E-state index in [-0.39, 0.29) is 30.8 Å². The van der Waals surface area contributed by atoms with Gasteiger partial charge in [0.1, 0.15) is 15.8 Å². The molecule has 2 amide bonds. The van der Waals surface area contributed by atoms with E-state index in [4.69, 9.17) is 4.74 Å². The van der Waals surface area contributed by atoms with Crippen LogP contribution >= 0.6 is 38.6 Å². The molecule has 3 N–H and O–H groups in total. The van der Waals surface area contributed by atoms with Crippen LogP contribution in [0.2, 0.25) is 0 Å². The number of amides is 2. The Labute approximate surface area is 293 Å². The van der Waals surface area contributed by atoms with E-state index < -0.39 is 0 Å². The number of nitrogens with one attached hydrogen (secondary N) is 3. The first-order valence-electron chi connectivity index (χ1n) is 15.1. The standard InChI is InChI=1S/C35H30BrN7O3S2/c1-21(2)46-27-17-11-22(12-18-27)28-5-3-4-6-29(28)37-26-15-9-24(10-16-26)33-41-43-35(48-33)39-31(45)20-19-30(44)38-34-42-40-32(47-34)23-7-13-25(36)14-8-23/h3-18,21,37H,19-20H2,1-2H3,(H,38,42,44)(H,39,43,45). The first-order valence-corrected chi connectivity index (χ1v) is 17.5. The van der Waals surface area contributed by atoms with Crippen LogP contribution in [-0.4, -0.2) is 38.3 Å². The Hall–Kier alpha value is -4.98. The molecule has 0 bridgehead atoms. The van der Waals surface area contributed by atoms with E-state index in [2.05, 4.69) is 70.5 Å². The molecular weight excluding hydrogens is 710 g/mol. The summed E-state index contributed by atoms with van der Waals surface area (Å²) >= 11 is 5.94. The zero-order valence-corrected chi connectivity index (χ0v) is 29.2. The third-order valence-corrected chi connectivity index (χ3v) is 9.19. The van der Waals surface area contributed by atoms with Crippen LogP contribution in [0.3, 0.4) is 0 Å². The van der Waals surface area contributed by atoms with Gasteiger partial charge in [-0.25, -0.2) is 0 Å². The van der Waals surface area contributed by atoms with Gasteiger partial charge in [-0.05, 0) is 74.0 Å². The minimum Gasteiger partial charge on any atom is -0.491 e. The van der Waals surface area contributed by atoms with Crippen molar-refractivity contribution >= 4 is 72.1 Å². The van der Waals surface area contributed by atoms with Crippen molar-refractivity contribution in [3.63, 3.8) is 0 Å². The van der Waals surface area contributed by atoms with Crippen LogP contribution in [0.15, 0.2) is 102 Å². The first-order chi connectivity index (χ1) is 23.3. The number of nitrogens with zero attached hydrogens (tertiary/aromatic N) is 4. The lowest BCUT2D eigenvalue weighted by Crippen LogP contribution is -2.17. The van der Waals surface area contributed by atoms with Crippen molar-refractivity contribution in [3.8, 4) is 38.0 Å². The summed E-state index contributed by atoms with van der Waals surface area (Å²) in [6.07, 6.45) is 0.0898. The fourth-order valence-corrected chi connectivity index (χ4v) is 6.44. The van der Waals surface area contributed by atoms with Crippen LogP contribution in [0, 0.1) is 0 Å². The smallest absolute Gasteiger partial charge is 0.226 e. The van der Waals surface area contributed by atoms with Gasteiger partial charge in [-0.2, -0.15) is 0 Å². The Morgan fingerprint density at radius 2 is 1.21 bits per heavy atom. The largest absolute Gasteiger partial charge is 0.491 e. The van der Waals surface area contributed by atoms with Gasteiger partial charge in [-0.15, -0.1) is 20.4 Å². The maximum Gasteiger partial charge on any atom is 0.226 e. The van der Waals surface area contributed by atoms with Gasteiger partial charge in [0, 0.05) is 45.4 Å². The second-order valence-electron chi connectivity index (χ2n) is 10.9. The normalized spacial score (nSPS) is 10.9. The van der Waals surface area contributed by atoms with Gasteiger partial charge in [-0.3, -0.25) is 9.59 Å². The maximum atomic E-state index is 12.5. The second-order valence-corrected chi connectivity index (χ2v) is 13.7. The minimum atomic E-state index is -0.332. The lowest BCUT2D eigenvalue weighted by Gasteiger charge is -2.14. The van der Waals surface area contributed by atoms with E-state index in [1.807, 2.05) is 92.7 Å². The zero-order chi connectivity index (χ0) is 33.5. The van der Waals surface area contributed by atoms with Gasteiger partial charge in [-0.1, -0.05) is 81.1 Å². The van der Waals surface area contributed by atoms with E-state index in [1.165, 1.54) is 22.7 Å². The Morgan fingerprint density at radius 3 is 1.77 bits per heavy atom. The summed E-state index contributed by atoms with van der Waals surface area (Å²) in [6.45, 7) is 4.02. The fourth-order valence-electron chi connectivity index (χ4n) is 4.64. The van der Waals surface area contributed by atoms with Crippen molar-refractivity contribution in [1.82, 2.24) is 20.4 Å². The molecule has 6 aromatic rings. The number of halogens is 1. The number of rotatable bonds is 12. The third kappa shape index (κ3) is 8.68. The molecule has 0 aliphatic heterocycles. The van der Waals surface area contributed by atoms with Crippen molar-refractivity contribution < 1.29 is 14.3 Å². The zero-order valence-electron chi connectivity index (χ0n) is 25.9. The molecule has 48 heavy (non-hydrogen) atoms. The van der Waals surface area contributed by atoms with Gasteiger partial charge >= 0.3 is 0 Å². The Morgan fingerprint density at radius 1 is 0.688 bits per heavy atom. The monoisotopic (exact) mass is 739 g/mol. The molecule has 242 valence electrons.